The average Bonchev–Trinajstić information content (AvgIpc) is 2.74. The van der Waals surface area contributed by atoms with E-state index in [9.17, 15) is 14.4 Å². The number of carbonyl (C=O) groups excluding carboxylic acids is 3. The van der Waals surface area contributed by atoms with E-state index in [-0.39, 0.29) is 12.5 Å². The molecule has 94 valence electrons. The molecule has 2 fully saturated rings. The molecule has 6 nitrogen and oxygen atoms in total. The fourth-order valence-corrected chi connectivity index (χ4v) is 2.41. The van der Waals surface area contributed by atoms with Crippen molar-refractivity contribution in [3.63, 3.8) is 0 Å². The lowest BCUT2D eigenvalue weighted by atomic mass is 9.66. The minimum absolute atomic E-state index is 0.135. The third kappa shape index (κ3) is 1.38. The molecule has 0 bridgehead atoms. The van der Waals surface area contributed by atoms with Crippen LogP contribution >= 0.6 is 0 Å². The number of nitrogens with zero attached hydrogens (tertiary/aromatic N) is 1. The van der Waals surface area contributed by atoms with Gasteiger partial charge in [-0.2, -0.15) is 0 Å². The summed E-state index contributed by atoms with van der Waals surface area (Å²) < 4.78 is 4.90. The average molecular weight is 248 g/mol. The molecule has 1 aliphatic carbocycles. The smallest absolute Gasteiger partial charge is 0.331 e. The van der Waals surface area contributed by atoms with Gasteiger partial charge in [-0.3, -0.25) is 19.8 Å². The monoisotopic (exact) mass is 248 g/mol. The zero-order valence-corrected chi connectivity index (χ0v) is 9.64. The number of furan rings is 1. The van der Waals surface area contributed by atoms with Crippen LogP contribution in [0.4, 0.5) is 4.79 Å². The van der Waals surface area contributed by atoms with Crippen molar-refractivity contribution < 1.29 is 18.8 Å². The summed E-state index contributed by atoms with van der Waals surface area (Å²) in [5, 5.41) is 2.26. The van der Waals surface area contributed by atoms with Gasteiger partial charge in [0.25, 0.3) is 0 Å². The lowest BCUT2D eigenvalue weighted by Crippen LogP contribution is -2.65. The summed E-state index contributed by atoms with van der Waals surface area (Å²) in [7, 11) is 0. The number of rotatable bonds is 2. The maximum atomic E-state index is 12.3. The largest absolute Gasteiger partial charge is 0.472 e. The molecule has 18 heavy (non-hydrogen) atoms. The summed E-state index contributed by atoms with van der Waals surface area (Å²) in [5.41, 5.74) is -0.278. The van der Waals surface area contributed by atoms with E-state index in [4.69, 9.17) is 4.42 Å². The summed E-state index contributed by atoms with van der Waals surface area (Å²) in [5.74, 6) is -0.837. The molecule has 2 aliphatic rings. The zero-order chi connectivity index (χ0) is 12.8. The van der Waals surface area contributed by atoms with Gasteiger partial charge in [-0.05, 0) is 18.9 Å². The predicted octanol–water partition coefficient (Wildman–Crippen LogP) is 1.03. The van der Waals surface area contributed by atoms with E-state index < -0.39 is 17.4 Å². The van der Waals surface area contributed by atoms with Gasteiger partial charge >= 0.3 is 6.03 Å². The summed E-state index contributed by atoms with van der Waals surface area (Å²) in [6, 6.07) is 1.04. The highest BCUT2D eigenvalue weighted by Crippen LogP contribution is 2.44. The molecule has 0 atom stereocenters. The minimum atomic E-state index is -1.00. The minimum Gasteiger partial charge on any atom is -0.472 e. The fourth-order valence-electron chi connectivity index (χ4n) is 2.41. The van der Waals surface area contributed by atoms with Crippen LogP contribution in [0.1, 0.15) is 24.8 Å². The SMILES string of the molecule is O=C1NC(=O)C2(CCC2)C(=O)N1Cc1ccoc1. The van der Waals surface area contributed by atoms with Gasteiger partial charge in [0.1, 0.15) is 5.41 Å². The van der Waals surface area contributed by atoms with Crippen LogP contribution in [0.3, 0.4) is 0 Å². The van der Waals surface area contributed by atoms with Gasteiger partial charge < -0.3 is 4.42 Å². The molecule has 1 N–H and O–H groups in total. The van der Waals surface area contributed by atoms with Gasteiger partial charge in [-0.25, -0.2) is 4.79 Å². The van der Waals surface area contributed by atoms with Crippen LogP contribution in [0.25, 0.3) is 0 Å². The quantitative estimate of drug-likeness (QED) is 0.793. The molecular weight excluding hydrogens is 236 g/mol. The van der Waals surface area contributed by atoms with Crippen molar-refractivity contribution in [1.82, 2.24) is 10.2 Å². The van der Waals surface area contributed by atoms with Crippen molar-refractivity contribution in [3.05, 3.63) is 24.2 Å². The van der Waals surface area contributed by atoms with Crippen molar-refractivity contribution in [3.8, 4) is 0 Å². The highest BCUT2D eigenvalue weighted by molar-refractivity contribution is 6.19. The number of barbiturate groups is 1. The fraction of sp³-hybridized carbons (Fsp3) is 0.417. The number of imide groups is 2. The van der Waals surface area contributed by atoms with E-state index in [0.29, 0.717) is 12.8 Å². The van der Waals surface area contributed by atoms with Crippen LogP contribution in [0.2, 0.25) is 0 Å². The lowest BCUT2D eigenvalue weighted by Gasteiger charge is -2.44. The van der Waals surface area contributed by atoms with Gasteiger partial charge in [0.05, 0.1) is 19.1 Å². The lowest BCUT2D eigenvalue weighted by molar-refractivity contribution is -0.158. The Morgan fingerprint density at radius 3 is 2.67 bits per heavy atom. The van der Waals surface area contributed by atoms with E-state index >= 15 is 0 Å². The molecule has 1 aromatic rings. The van der Waals surface area contributed by atoms with Crippen molar-refractivity contribution in [1.29, 1.82) is 0 Å². The number of hydrogen-bond acceptors (Lipinski definition) is 4. The normalized spacial score (nSPS) is 22.0. The highest BCUT2D eigenvalue weighted by Gasteiger charge is 2.57. The maximum absolute atomic E-state index is 12.3. The Morgan fingerprint density at radius 2 is 2.11 bits per heavy atom. The van der Waals surface area contributed by atoms with E-state index in [1.54, 1.807) is 6.07 Å². The Morgan fingerprint density at radius 1 is 1.33 bits per heavy atom. The van der Waals surface area contributed by atoms with Gasteiger partial charge in [0, 0.05) is 5.56 Å². The molecule has 1 saturated heterocycles. The molecule has 1 aromatic heterocycles. The molecule has 1 spiro atoms. The Kier molecular flexibility index (Phi) is 2.26. The van der Waals surface area contributed by atoms with Crippen LogP contribution in [-0.2, 0) is 16.1 Å². The van der Waals surface area contributed by atoms with Crippen molar-refractivity contribution in [2.75, 3.05) is 0 Å². The molecule has 1 saturated carbocycles. The molecule has 0 radical (unpaired) electrons. The summed E-state index contributed by atoms with van der Waals surface area (Å²) in [6.07, 6.45) is 4.84. The van der Waals surface area contributed by atoms with E-state index in [1.807, 2.05) is 0 Å². The van der Waals surface area contributed by atoms with Gasteiger partial charge in [0.15, 0.2) is 0 Å². The van der Waals surface area contributed by atoms with Crippen LogP contribution < -0.4 is 5.32 Å². The first-order valence-corrected chi connectivity index (χ1v) is 5.82. The maximum Gasteiger partial charge on any atom is 0.331 e. The van der Waals surface area contributed by atoms with Crippen LogP contribution in [0, 0.1) is 5.41 Å². The van der Waals surface area contributed by atoms with Crippen molar-refractivity contribution in [2.45, 2.75) is 25.8 Å². The van der Waals surface area contributed by atoms with Gasteiger partial charge in [-0.1, -0.05) is 6.42 Å². The molecule has 1 aliphatic heterocycles. The zero-order valence-electron chi connectivity index (χ0n) is 9.64. The standard InChI is InChI=1S/C12H12N2O4/c15-9-12(3-1-4-12)10(16)14(11(17)13-9)6-8-2-5-18-7-8/h2,5,7H,1,3-4,6H2,(H,13,15,17). The van der Waals surface area contributed by atoms with E-state index in [2.05, 4.69) is 5.32 Å². The highest BCUT2D eigenvalue weighted by atomic mass is 16.3. The Bertz CT molecular complexity index is 516. The second-order valence-electron chi connectivity index (χ2n) is 4.72. The Labute approximate surface area is 103 Å². The van der Waals surface area contributed by atoms with E-state index in [0.717, 1.165) is 16.9 Å². The number of urea groups is 1. The number of amides is 4. The van der Waals surface area contributed by atoms with Gasteiger partial charge in [0.2, 0.25) is 11.8 Å². The first-order valence-electron chi connectivity index (χ1n) is 5.82. The second kappa shape index (κ2) is 3.69. The Hall–Kier alpha value is -2.11. The Balaban J connectivity index is 1.87. The second-order valence-corrected chi connectivity index (χ2v) is 4.72. The third-order valence-electron chi connectivity index (χ3n) is 3.68. The molecule has 3 rings (SSSR count). The first kappa shape index (κ1) is 11.0. The van der Waals surface area contributed by atoms with Crippen molar-refractivity contribution >= 4 is 17.8 Å². The van der Waals surface area contributed by atoms with Crippen molar-refractivity contribution in [2.24, 2.45) is 5.41 Å². The van der Waals surface area contributed by atoms with Crippen LogP contribution in [0.15, 0.2) is 23.0 Å². The topological polar surface area (TPSA) is 79.6 Å². The molecule has 0 unspecified atom stereocenters. The van der Waals surface area contributed by atoms with Crippen LogP contribution in [-0.4, -0.2) is 22.7 Å². The summed E-state index contributed by atoms with van der Waals surface area (Å²) in [6.45, 7) is 0.135. The molecular formula is C12H12N2O4. The predicted molar refractivity (Wildman–Crippen MR) is 59.1 cm³/mol. The number of carbonyl (C=O) groups is 3. The summed E-state index contributed by atoms with van der Waals surface area (Å²) in [4.78, 5) is 36.9. The summed E-state index contributed by atoms with van der Waals surface area (Å²) >= 11 is 0. The van der Waals surface area contributed by atoms with E-state index in [1.165, 1.54) is 12.5 Å². The van der Waals surface area contributed by atoms with Crippen LogP contribution in [0.5, 0.6) is 0 Å². The number of hydrogen-bond donors (Lipinski definition) is 1. The molecule has 4 amide bonds. The van der Waals surface area contributed by atoms with Gasteiger partial charge in [-0.15, -0.1) is 0 Å². The molecule has 6 heteroatoms. The first-order chi connectivity index (χ1) is 8.63. The molecule has 0 aromatic carbocycles. The molecule has 2 heterocycles. The number of nitrogens with one attached hydrogen (secondary N) is 1. The third-order valence-corrected chi connectivity index (χ3v) is 3.68.